The van der Waals surface area contributed by atoms with E-state index in [2.05, 4.69) is 11.4 Å². The maximum absolute atomic E-state index is 12.1. The lowest BCUT2D eigenvalue weighted by molar-refractivity contribution is -0.135. The number of rotatable bonds is 3. The molecule has 1 aliphatic heterocycles. The van der Waals surface area contributed by atoms with Crippen LogP contribution < -0.4 is 5.32 Å². The molecule has 5 nitrogen and oxygen atoms in total. The summed E-state index contributed by atoms with van der Waals surface area (Å²) >= 11 is 0. The van der Waals surface area contributed by atoms with Gasteiger partial charge in [-0.2, -0.15) is 5.26 Å². The van der Waals surface area contributed by atoms with Crippen molar-refractivity contribution in [1.82, 2.24) is 10.2 Å². The summed E-state index contributed by atoms with van der Waals surface area (Å²) in [5.41, 5.74) is 1.49. The minimum absolute atomic E-state index is 0.0410. The Kier molecular flexibility index (Phi) is 3.81. The molecule has 1 aromatic rings. The Morgan fingerprint density at radius 1 is 1.58 bits per heavy atom. The molecular formula is C14H15N3O2. The summed E-state index contributed by atoms with van der Waals surface area (Å²) in [4.78, 5) is 24.8. The average Bonchev–Trinajstić information content (AvgIpc) is 2.84. The van der Waals surface area contributed by atoms with Crippen molar-refractivity contribution in [3.05, 3.63) is 35.4 Å². The predicted octanol–water partition coefficient (Wildman–Crippen LogP) is 0.653. The van der Waals surface area contributed by atoms with Gasteiger partial charge in [-0.15, -0.1) is 0 Å². The summed E-state index contributed by atoms with van der Waals surface area (Å²) in [6.07, 6.45) is 0.265. The van der Waals surface area contributed by atoms with Gasteiger partial charge in [0.05, 0.1) is 17.6 Å². The molecule has 1 aliphatic rings. The summed E-state index contributed by atoms with van der Waals surface area (Å²) in [6.45, 7) is 0.860. The number of carbonyl (C=O) groups is 2. The van der Waals surface area contributed by atoms with Crippen molar-refractivity contribution in [2.24, 2.45) is 5.92 Å². The number of hydrogen-bond acceptors (Lipinski definition) is 3. The standard InChI is InChI=1S/C14H15N3O2/c1-17(14(19)12-6-13(18)16-8-12)9-11-4-2-3-10(5-11)7-15/h2-5,12H,6,8-9H2,1H3,(H,16,18). The van der Waals surface area contributed by atoms with Gasteiger partial charge in [0.25, 0.3) is 0 Å². The molecule has 0 bridgehead atoms. The van der Waals surface area contributed by atoms with Crippen LogP contribution in [0.1, 0.15) is 17.5 Å². The van der Waals surface area contributed by atoms with Crippen LogP contribution in [0.2, 0.25) is 0 Å². The summed E-state index contributed by atoms with van der Waals surface area (Å²) in [5.74, 6) is -0.379. The molecule has 98 valence electrons. The molecule has 19 heavy (non-hydrogen) atoms. The van der Waals surface area contributed by atoms with E-state index in [0.717, 1.165) is 5.56 Å². The quantitative estimate of drug-likeness (QED) is 0.864. The van der Waals surface area contributed by atoms with Crippen molar-refractivity contribution in [2.45, 2.75) is 13.0 Å². The monoisotopic (exact) mass is 257 g/mol. The normalized spacial score (nSPS) is 17.7. The predicted molar refractivity (Wildman–Crippen MR) is 68.7 cm³/mol. The van der Waals surface area contributed by atoms with Crippen LogP contribution in [0.15, 0.2) is 24.3 Å². The van der Waals surface area contributed by atoms with E-state index in [0.29, 0.717) is 18.7 Å². The number of nitrogens with zero attached hydrogens (tertiary/aromatic N) is 2. The van der Waals surface area contributed by atoms with Crippen molar-refractivity contribution in [1.29, 1.82) is 5.26 Å². The number of benzene rings is 1. The number of amides is 2. The van der Waals surface area contributed by atoms with Crippen LogP contribution in [0.5, 0.6) is 0 Å². The molecule has 0 aliphatic carbocycles. The second kappa shape index (κ2) is 5.53. The summed E-state index contributed by atoms with van der Waals surface area (Å²) in [7, 11) is 1.71. The van der Waals surface area contributed by atoms with Gasteiger partial charge in [-0.05, 0) is 17.7 Å². The van der Waals surface area contributed by atoms with E-state index in [1.807, 2.05) is 6.07 Å². The van der Waals surface area contributed by atoms with Crippen LogP contribution in [0, 0.1) is 17.2 Å². The van der Waals surface area contributed by atoms with Gasteiger partial charge in [-0.1, -0.05) is 12.1 Å². The van der Waals surface area contributed by atoms with Crippen LogP contribution in [0.3, 0.4) is 0 Å². The zero-order chi connectivity index (χ0) is 13.8. The topological polar surface area (TPSA) is 73.2 Å². The Balaban J connectivity index is 2.00. The highest BCUT2D eigenvalue weighted by atomic mass is 16.2. The maximum atomic E-state index is 12.1. The lowest BCUT2D eigenvalue weighted by Crippen LogP contribution is -2.33. The third kappa shape index (κ3) is 3.10. The van der Waals surface area contributed by atoms with Crippen molar-refractivity contribution in [3.63, 3.8) is 0 Å². The molecule has 1 fully saturated rings. The third-order valence-corrected chi connectivity index (χ3v) is 3.18. The number of carbonyl (C=O) groups excluding carboxylic acids is 2. The van der Waals surface area contributed by atoms with Crippen molar-refractivity contribution in [2.75, 3.05) is 13.6 Å². The Morgan fingerprint density at radius 2 is 2.37 bits per heavy atom. The van der Waals surface area contributed by atoms with Crippen LogP contribution in [-0.4, -0.2) is 30.3 Å². The number of nitriles is 1. The molecule has 2 amide bonds. The number of nitrogens with one attached hydrogen (secondary N) is 1. The SMILES string of the molecule is CN(Cc1cccc(C#N)c1)C(=O)C1CNC(=O)C1. The molecule has 5 heteroatoms. The first-order valence-electron chi connectivity index (χ1n) is 6.11. The maximum Gasteiger partial charge on any atom is 0.228 e. The largest absolute Gasteiger partial charge is 0.355 e. The van der Waals surface area contributed by atoms with Gasteiger partial charge < -0.3 is 10.2 Å². The fourth-order valence-corrected chi connectivity index (χ4v) is 2.18. The minimum atomic E-state index is -0.267. The van der Waals surface area contributed by atoms with E-state index >= 15 is 0 Å². The molecule has 0 radical (unpaired) electrons. The van der Waals surface area contributed by atoms with Gasteiger partial charge in [0.15, 0.2) is 0 Å². The van der Waals surface area contributed by atoms with Crippen LogP contribution >= 0.6 is 0 Å². The van der Waals surface area contributed by atoms with E-state index in [1.165, 1.54) is 0 Å². The Morgan fingerprint density at radius 3 is 3.00 bits per heavy atom. The van der Waals surface area contributed by atoms with E-state index in [9.17, 15) is 9.59 Å². The van der Waals surface area contributed by atoms with Crippen molar-refractivity contribution < 1.29 is 9.59 Å². The molecule has 0 spiro atoms. The molecule has 0 aromatic heterocycles. The zero-order valence-electron chi connectivity index (χ0n) is 10.7. The van der Waals surface area contributed by atoms with Crippen LogP contribution in [0.4, 0.5) is 0 Å². The van der Waals surface area contributed by atoms with Gasteiger partial charge in [-0.3, -0.25) is 9.59 Å². The van der Waals surface area contributed by atoms with E-state index in [-0.39, 0.29) is 24.2 Å². The van der Waals surface area contributed by atoms with E-state index in [4.69, 9.17) is 5.26 Å². The Bertz CT molecular complexity index is 548. The average molecular weight is 257 g/mol. The summed E-state index contributed by atoms with van der Waals surface area (Å²) < 4.78 is 0. The summed E-state index contributed by atoms with van der Waals surface area (Å²) in [6, 6.07) is 9.24. The van der Waals surface area contributed by atoms with Crippen LogP contribution in [0.25, 0.3) is 0 Å². The second-order valence-corrected chi connectivity index (χ2v) is 4.71. The van der Waals surface area contributed by atoms with Gasteiger partial charge in [0.2, 0.25) is 11.8 Å². The first-order valence-corrected chi connectivity index (χ1v) is 6.11. The molecule has 1 unspecified atom stereocenters. The first-order chi connectivity index (χ1) is 9.10. The van der Waals surface area contributed by atoms with Crippen molar-refractivity contribution in [3.8, 4) is 6.07 Å². The highest BCUT2D eigenvalue weighted by Gasteiger charge is 2.29. The molecule has 2 rings (SSSR count). The zero-order valence-corrected chi connectivity index (χ0v) is 10.7. The molecular weight excluding hydrogens is 242 g/mol. The first kappa shape index (κ1) is 13.1. The molecule has 0 saturated carbocycles. The highest BCUT2D eigenvalue weighted by Crippen LogP contribution is 2.14. The van der Waals surface area contributed by atoms with Gasteiger partial charge in [-0.25, -0.2) is 0 Å². The fourth-order valence-electron chi connectivity index (χ4n) is 2.18. The number of hydrogen-bond donors (Lipinski definition) is 1. The Labute approximate surface area is 111 Å². The van der Waals surface area contributed by atoms with Gasteiger partial charge >= 0.3 is 0 Å². The summed E-state index contributed by atoms with van der Waals surface area (Å²) in [5, 5.41) is 11.5. The lowest BCUT2D eigenvalue weighted by Gasteiger charge is -2.20. The molecule has 1 atom stereocenters. The van der Waals surface area contributed by atoms with Crippen LogP contribution in [-0.2, 0) is 16.1 Å². The molecule has 1 heterocycles. The van der Waals surface area contributed by atoms with E-state index < -0.39 is 0 Å². The lowest BCUT2D eigenvalue weighted by atomic mass is 10.1. The van der Waals surface area contributed by atoms with Gasteiger partial charge in [0, 0.05) is 26.6 Å². The van der Waals surface area contributed by atoms with Crippen molar-refractivity contribution >= 4 is 11.8 Å². The van der Waals surface area contributed by atoms with E-state index in [1.54, 1.807) is 30.1 Å². The second-order valence-electron chi connectivity index (χ2n) is 4.71. The highest BCUT2D eigenvalue weighted by molar-refractivity contribution is 5.89. The Hall–Kier alpha value is -2.35. The molecule has 1 N–H and O–H groups in total. The molecule has 1 aromatic carbocycles. The molecule has 1 saturated heterocycles. The smallest absolute Gasteiger partial charge is 0.228 e. The minimum Gasteiger partial charge on any atom is -0.355 e. The fraction of sp³-hybridized carbons (Fsp3) is 0.357. The van der Waals surface area contributed by atoms with Gasteiger partial charge in [0.1, 0.15) is 0 Å². The third-order valence-electron chi connectivity index (χ3n) is 3.18.